The zero-order valence-corrected chi connectivity index (χ0v) is 8.74. The van der Waals surface area contributed by atoms with Crippen molar-refractivity contribution < 1.29 is 5.11 Å². The minimum atomic E-state index is -0.0301. The normalized spacial score (nSPS) is 11.0. The van der Waals surface area contributed by atoms with E-state index in [1.54, 1.807) is 0 Å². The number of para-hydroxylation sites is 1. The van der Waals surface area contributed by atoms with Crippen LogP contribution in [0.1, 0.15) is 5.82 Å². The van der Waals surface area contributed by atoms with Crippen LogP contribution in [0.2, 0.25) is 0 Å². The van der Waals surface area contributed by atoms with Gasteiger partial charge in [0.25, 0.3) is 0 Å². The lowest BCUT2D eigenvalue weighted by atomic mass is 10.3. The lowest BCUT2D eigenvalue weighted by Crippen LogP contribution is -1.96. The van der Waals surface area contributed by atoms with Gasteiger partial charge in [-0.3, -0.25) is 0 Å². The number of aryl methyl sites for hydroxylation is 1. The number of hydrogen-bond donors (Lipinski definition) is 1. The van der Waals surface area contributed by atoms with Gasteiger partial charge in [0.05, 0.1) is 11.0 Å². The highest BCUT2D eigenvalue weighted by Gasteiger charge is 2.08. The summed E-state index contributed by atoms with van der Waals surface area (Å²) in [6, 6.07) is 5.82. The fourth-order valence-electron chi connectivity index (χ4n) is 1.41. The van der Waals surface area contributed by atoms with Crippen LogP contribution in [0.5, 0.6) is 0 Å². The Kier molecular flexibility index (Phi) is 2.09. The maximum atomic E-state index is 9.01. The number of hydrogen-bond acceptors (Lipinski definition) is 2. The van der Waals surface area contributed by atoms with Crippen molar-refractivity contribution in [3.63, 3.8) is 0 Å². The largest absolute Gasteiger partial charge is 0.388 e. The number of halogens is 1. The van der Waals surface area contributed by atoms with Crippen LogP contribution in [0.15, 0.2) is 22.7 Å². The summed E-state index contributed by atoms with van der Waals surface area (Å²) in [5.41, 5.74) is 1.92. The number of aliphatic hydroxyl groups excluding tert-OH is 1. The number of nitrogens with zero attached hydrogens (tertiary/aromatic N) is 2. The summed E-state index contributed by atoms with van der Waals surface area (Å²) in [6.45, 7) is -0.0301. The Balaban J connectivity index is 2.85. The molecule has 0 aliphatic rings. The summed E-state index contributed by atoms with van der Waals surface area (Å²) in [5, 5.41) is 9.01. The van der Waals surface area contributed by atoms with Gasteiger partial charge in [0.2, 0.25) is 0 Å². The molecule has 0 bridgehead atoms. The molecular formula is C9H9BrN2O. The topological polar surface area (TPSA) is 38.0 Å². The summed E-state index contributed by atoms with van der Waals surface area (Å²) in [4.78, 5) is 4.27. The molecule has 0 unspecified atom stereocenters. The third kappa shape index (κ3) is 1.26. The van der Waals surface area contributed by atoms with E-state index in [9.17, 15) is 0 Å². The molecule has 2 aromatic rings. The van der Waals surface area contributed by atoms with Crippen LogP contribution < -0.4 is 0 Å². The molecule has 0 aliphatic heterocycles. The van der Waals surface area contributed by atoms with Gasteiger partial charge >= 0.3 is 0 Å². The number of rotatable bonds is 1. The molecular weight excluding hydrogens is 232 g/mol. The Labute approximate surface area is 84.1 Å². The van der Waals surface area contributed by atoms with Crippen LogP contribution in [0.3, 0.4) is 0 Å². The molecule has 0 saturated carbocycles. The Morgan fingerprint density at radius 1 is 1.54 bits per heavy atom. The van der Waals surface area contributed by atoms with Gasteiger partial charge in [0.15, 0.2) is 0 Å². The molecule has 4 heteroatoms. The second-order valence-corrected chi connectivity index (χ2v) is 3.71. The second kappa shape index (κ2) is 3.12. The average Bonchev–Trinajstić information content (AvgIpc) is 2.44. The Bertz CT molecular complexity index is 450. The summed E-state index contributed by atoms with van der Waals surface area (Å²) < 4.78 is 2.89. The van der Waals surface area contributed by atoms with Gasteiger partial charge in [-0.1, -0.05) is 6.07 Å². The molecule has 1 aromatic carbocycles. The van der Waals surface area contributed by atoms with Crippen LogP contribution in [0, 0.1) is 0 Å². The molecule has 0 saturated heterocycles. The first-order valence-electron chi connectivity index (χ1n) is 3.94. The van der Waals surface area contributed by atoms with Crippen molar-refractivity contribution in [3.05, 3.63) is 28.5 Å². The summed E-state index contributed by atoms with van der Waals surface area (Å²) >= 11 is 3.45. The van der Waals surface area contributed by atoms with Gasteiger partial charge in [-0.15, -0.1) is 0 Å². The van der Waals surface area contributed by atoms with E-state index >= 15 is 0 Å². The maximum Gasteiger partial charge on any atom is 0.135 e. The highest BCUT2D eigenvalue weighted by molar-refractivity contribution is 9.10. The summed E-state index contributed by atoms with van der Waals surface area (Å²) in [5.74, 6) is 0.682. The van der Waals surface area contributed by atoms with E-state index in [2.05, 4.69) is 20.9 Å². The van der Waals surface area contributed by atoms with E-state index in [0.717, 1.165) is 15.5 Å². The van der Waals surface area contributed by atoms with Crippen LogP contribution in [-0.4, -0.2) is 14.7 Å². The van der Waals surface area contributed by atoms with Gasteiger partial charge in [-0.2, -0.15) is 0 Å². The van der Waals surface area contributed by atoms with Crippen LogP contribution in [-0.2, 0) is 13.7 Å². The van der Waals surface area contributed by atoms with Crippen molar-refractivity contribution in [2.24, 2.45) is 7.05 Å². The summed E-state index contributed by atoms with van der Waals surface area (Å²) in [7, 11) is 1.89. The van der Waals surface area contributed by atoms with E-state index < -0.39 is 0 Å². The Morgan fingerprint density at radius 2 is 2.31 bits per heavy atom. The lowest BCUT2D eigenvalue weighted by Gasteiger charge is -1.99. The number of imidazole rings is 1. The molecule has 1 heterocycles. The molecule has 0 atom stereocenters. The van der Waals surface area contributed by atoms with Crippen molar-refractivity contribution >= 4 is 27.0 Å². The SMILES string of the molecule is Cn1c(CO)nc2cccc(Br)c21. The molecule has 68 valence electrons. The van der Waals surface area contributed by atoms with Crippen LogP contribution >= 0.6 is 15.9 Å². The first-order valence-corrected chi connectivity index (χ1v) is 4.74. The van der Waals surface area contributed by atoms with Gasteiger partial charge < -0.3 is 9.67 Å². The number of fused-ring (bicyclic) bond motifs is 1. The molecule has 0 aliphatic carbocycles. The van der Waals surface area contributed by atoms with Gasteiger partial charge in [-0.25, -0.2) is 4.98 Å². The zero-order chi connectivity index (χ0) is 9.42. The number of aromatic nitrogens is 2. The molecule has 0 radical (unpaired) electrons. The predicted molar refractivity (Wildman–Crippen MR) is 54.3 cm³/mol. The van der Waals surface area contributed by atoms with Crippen LogP contribution in [0.25, 0.3) is 11.0 Å². The van der Waals surface area contributed by atoms with Crippen molar-refractivity contribution in [1.29, 1.82) is 0 Å². The monoisotopic (exact) mass is 240 g/mol. The minimum absolute atomic E-state index is 0.0301. The van der Waals surface area contributed by atoms with E-state index in [1.165, 1.54) is 0 Å². The standard InChI is InChI=1S/C9H9BrN2O/c1-12-8(5-13)11-7-4-2-3-6(10)9(7)12/h2-4,13H,5H2,1H3. The first kappa shape index (κ1) is 8.72. The van der Waals surface area contributed by atoms with Crippen molar-refractivity contribution in [1.82, 2.24) is 9.55 Å². The molecule has 3 nitrogen and oxygen atoms in total. The third-order valence-electron chi connectivity index (χ3n) is 2.08. The molecule has 0 spiro atoms. The van der Waals surface area contributed by atoms with E-state index in [-0.39, 0.29) is 6.61 Å². The number of benzene rings is 1. The van der Waals surface area contributed by atoms with Gasteiger partial charge in [-0.05, 0) is 28.1 Å². The molecule has 1 aromatic heterocycles. The quantitative estimate of drug-likeness (QED) is 0.827. The van der Waals surface area contributed by atoms with Crippen molar-refractivity contribution in [3.8, 4) is 0 Å². The highest BCUT2D eigenvalue weighted by atomic mass is 79.9. The van der Waals surface area contributed by atoms with Gasteiger partial charge in [0, 0.05) is 11.5 Å². The van der Waals surface area contributed by atoms with Crippen LogP contribution in [0.4, 0.5) is 0 Å². The molecule has 13 heavy (non-hydrogen) atoms. The fraction of sp³-hybridized carbons (Fsp3) is 0.222. The van der Waals surface area contributed by atoms with Crippen molar-refractivity contribution in [2.75, 3.05) is 0 Å². The van der Waals surface area contributed by atoms with E-state index in [1.807, 2.05) is 29.8 Å². The fourth-order valence-corrected chi connectivity index (χ4v) is 2.03. The van der Waals surface area contributed by atoms with Gasteiger partial charge in [0.1, 0.15) is 12.4 Å². The first-order chi connectivity index (χ1) is 6.24. The van der Waals surface area contributed by atoms with Crippen molar-refractivity contribution in [2.45, 2.75) is 6.61 Å². The van der Waals surface area contributed by atoms with E-state index in [0.29, 0.717) is 5.82 Å². The minimum Gasteiger partial charge on any atom is -0.388 e. The highest BCUT2D eigenvalue weighted by Crippen LogP contribution is 2.23. The number of aliphatic hydroxyl groups is 1. The summed E-state index contributed by atoms with van der Waals surface area (Å²) in [6.07, 6.45) is 0. The smallest absolute Gasteiger partial charge is 0.135 e. The lowest BCUT2D eigenvalue weighted by molar-refractivity contribution is 0.268. The maximum absolute atomic E-state index is 9.01. The molecule has 0 amide bonds. The third-order valence-corrected chi connectivity index (χ3v) is 2.72. The second-order valence-electron chi connectivity index (χ2n) is 2.85. The molecule has 1 N–H and O–H groups in total. The Morgan fingerprint density at radius 3 is 2.92 bits per heavy atom. The Hall–Kier alpha value is -0.870. The predicted octanol–water partition coefficient (Wildman–Crippen LogP) is 1.83. The molecule has 0 fully saturated rings. The average molecular weight is 241 g/mol. The van der Waals surface area contributed by atoms with E-state index in [4.69, 9.17) is 5.11 Å². The zero-order valence-electron chi connectivity index (χ0n) is 7.16. The molecule has 2 rings (SSSR count).